The molecule has 4 aromatic rings. The summed E-state index contributed by atoms with van der Waals surface area (Å²) in [6, 6.07) is 19.0. The van der Waals surface area contributed by atoms with Gasteiger partial charge in [0.05, 0.1) is 29.5 Å². The molecule has 1 aliphatic heterocycles. The van der Waals surface area contributed by atoms with Gasteiger partial charge in [0.1, 0.15) is 6.61 Å². The van der Waals surface area contributed by atoms with Crippen molar-refractivity contribution in [1.82, 2.24) is 20.3 Å². The fourth-order valence-electron chi connectivity index (χ4n) is 4.48. The first kappa shape index (κ1) is 28.1. The summed E-state index contributed by atoms with van der Waals surface area (Å²) in [4.78, 5) is 40.1. The molecule has 11 heteroatoms. The van der Waals surface area contributed by atoms with Crippen LogP contribution >= 0.6 is 0 Å². The van der Waals surface area contributed by atoms with Crippen LogP contribution in [0.5, 0.6) is 0 Å². The number of ether oxygens (including phenoxy) is 1. The lowest BCUT2D eigenvalue weighted by molar-refractivity contribution is 0.102. The van der Waals surface area contributed by atoms with Crippen molar-refractivity contribution in [3.63, 3.8) is 0 Å². The van der Waals surface area contributed by atoms with Crippen molar-refractivity contribution in [2.24, 2.45) is 11.7 Å². The van der Waals surface area contributed by atoms with Gasteiger partial charge >= 0.3 is 6.09 Å². The highest BCUT2D eigenvalue weighted by atomic mass is 16.5. The number of anilines is 3. The van der Waals surface area contributed by atoms with E-state index in [0.29, 0.717) is 43.1 Å². The summed E-state index contributed by atoms with van der Waals surface area (Å²) in [5.41, 5.74) is 17.1. The van der Waals surface area contributed by atoms with Gasteiger partial charge in [0.25, 0.3) is 5.91 Å². The molecule has 2 aromatic heterocycles. The molecule has 0 atom stereocenters. The Balaban J connectivity index is 1.17. The van der Waals surface area contributed by atoms with E-state index in [-0.39, 0.29) is 24.0 Å². The number of hydrogen-bond donors (Lipinski definition) is 4. The number of hydrogen-bond acceptors (Lipinski definition) is 9. The van der Waals surface area contributed by atoms with E-state index in [1.807, 2.05) is 60.7 Å². The molecule has 3 heterocycles. The fraction of sp³-hybridized carbons (Fsp3) is 0.194. The van der Waals surface area contributed by atoms with Gasteiger partial charge in [-0.2, -0.15) is 0 Å². The molecule has 214 valence electrons. The Morgan fingerprint density at radius 1 is 1.02 bits per heavy atom. The molecular formula is C31H32N8O3. The molecule has 0 saturated carbocycles. The molecule has 0 bridgehead atoms. The highest BCUT2D eigenvalue weighted by Gasteiger charge is 2.30. The van der Waals surface area contributed by atoms with Gasteiger partial charge in [-0.3, -0.25) is 9.78 Å². The van der Waals surface area contributed by atoms with E-state index in [1.165, 1.54) is 6.20 Å². The predicted molar refractivity (Wildman–Crippen MR) is 161 cm³/mol. The quantitative estimate of drug-likeness (QED) is 0.225. The zero-order valence-corrected chi connectivity index (χ0v) is 23.0. The zero-order valence-electron chi connectivity index (χ0n) is 23.0. The van der Waals surface area contributed by atoms with Crippen LogP contribution in [-0.4, -0.2) is 46.6 Å². The average Bonchev–Trinajstić information content (AvgIpc) is 2.97. The normalized spacial score (nSPS) is 12.7. The molecule has 2 amide bonds. The number of carbonyl (C=O) groups is 2. The molecule has 0 aliphatic carbocycles. The van der Waals surface area contributed by atoms with Crippen LogP contribution in [0.2, 0.25) is 0 Å². The molecule has 6 N–H and O–H groups in total. The second-order valence-corrected chi connectivity index (χ2v) is 9.95. The molecule has 0 spiro atoms. The standard InChI is InChI=1S/C31H32N8O3/c1-20(32)24-17-39(18-24)27-12-13-34-15-26(27)38-30(40)28-29(33)36-16-25(37-28)23-9-7-21(8-10-23)11-14-35-31(41)42-19-22-5-3-2-4-6-22/h2-10,12-13,15-16,24H,1,11,14,17-19,32H2,(H2,33,36)(H,35,41)(H,38,40). The number of carbonyl (C=O) groups excluding carboxylic acids is 2. The van der Waals surface area contributed by atoms with Crippen LogP contribution in [0.3, 0.4) is 0 Å². The molecule has 0 radical (unpaired) electrons. The van der Waals surface area contributed by atoms with Crippen molar-refractivity contribution >= 4 is 29.2 Å². The lowest BCUT2D eigenvalue weighted by Crippen LogP contribution is -2.49. The van der Waals surface area contributed by atoms with E-state index in [4.69, 9.17) is 16.2 Å². The molecular weight excluding hydrogens is 532 g/mol. The van der Waals surface area contributed by atoms with E-state index in [1.54, 1.807) is 12.4 Å². The minimum atomic E-state index is -0.488. The van der Waals surface area contributed by atoms with Crippen LogP contribution in [0.15, 0.2) is 91.5 Å². The lowest BCUT2D eigenvalue weighted by Gasteiger charge is -2.41. The van der Waals surface area contributed by atoms with Gasteiger partial charge in [0.15, 0.2) is 11.5 Å². The number of nitrogens with zero attached hydrogens (tertiary/aromatic N) is 4. The van der Waals surface area contributed by atoms with E-state index in [2.05, 4.69) is 37.1 Å². The Morgan fingerprint density at radius 2 is 1.79 bits per heavy atom. The Kier molecular flexibility index (Phi) is 8.57. The van der Waals surface area contributed by atoms with Crippen LogP contribution in [0.4, 0.5) is 22.0 Å². The van der Waals surface area contributed by atoms with E-state index in [0.717, 1.165) is 22.4 Å². The first-order valence-corrected chi connectivity index (χ1v) is 13.5. The number of benzene rings is 2. The number of rotatable bonds is 10. The minimum Gasteiger partial charge on any atom is -0.445 e. The van der Waals surface area contributed by atoms with E-state index < -0.39 is 12.0 Å². The van der Waals surface area contributed by atoms with Gasteiger partial charge in [-0.25, -0.2) is 14.8 Å². The second-order valence-electron chi connectivity index (χ2n) is 9.95. The summed E-state index contributed by atoms with van der Waals surface area (Å²) >= 11 is 0. The molecule has 1 aliphatic rings. The van der Waals surface area contributed by atoms with Gasteiger partial charge in [0, 0.05) is 43.0 Å². The van der Waals surface area contributed by atoms with Crippen LogP contribution in [0, 0.1) is 5.92 Å². The molecule has 42 heavy (non-hydrogen) atoms. The molecule has 0 unspecified atom stereocenters. The summed E-state index contributed by atoms with van der Waals surface area (Å²) in [7, 11) is 0. The average molecular weight is 565 g/mol. The van der Waals surface area contributed by atoms with Crippen molar-refractivity contribution in [2.75, 3.05) is 35.6 Å². The Hall–Kier alpha value is -5.45. The number of alkyl carbamates (subject to hydrolysis) is 1. The minimum absolute atomic E-state index is 0.0152. The first-order chi connectivity index (χ1) is 20.4. The van der Waals surface area contributed by atoms with Crippen molar-refractivity contribution < 1.29 is 14.3 Å². The maximum absolute atomic E-state index is 13.2. The zero-order chi connectivity index (χ0) is 29.5. The van der Waals surface area contributed by atoms with E-state index in [9.17, 15) is 9.59 Å². The summed E-state index contributed by atoms with van der Waals surface area (Å²) < 4.78 is 5.24. The predicted octanol–water partition coefficient (Wildman–Crippen LogP) is 3.75. The van der Waals surface area contributed by atoms with Crippen molar-refractivity contribution in [3.05, 3.63) is 108 Å². The maximum atomic E-state index is 13.2. The van der Waals surface area contributed by atoms with Crippen molar-refractivity contribution in [1.29, 1.82) is 0 Å². The molecule has 11 nitrogen and oxygen atoms in total. The summed E-state index contributed by atoms with van der Waals surface area (Å²) in [5, 5.41) is 5.64. The topological polar surface area (TPSA) is 161 Å². The Bertz CT molecular complexity index is 1570. The van der Waals surface area contributed by atoms with E-state index >= 15 is 0 Å². The summed E-state index contributed by atoms with van der Waals surface area (Å²) in [5.74, 6) is -0.255. The van der Waals surface area contributed by atoms with Gasteiger partial charge in [0.2, 0.25) is 0 Å². The highest BCUT2D eigenvalue weighted by molar-refractivity contribution is 6.07. The van der Waals surface area contributed by atoms with Crippen molar-refractivity contribution in [3.8, 4) is 11.3 Å². The number of pyridine rings is 1. The van der Waals surface area contributed by atoms with Crippen molar-refractivity contribution in [2.45, 2.75) is 13.0 Å². The SMILES string of the molecule is C=C(N)C1CN(c2ccncc2NC(=O)c2nc(-c3ccc(CCNC(=O)OCc4ccccc4)cc3)cnc2N)C1. The molecule has 1 saturated heterocycles. The monoisotopic (exact) mass is 564 g/mol. The van der Waals surface area contributed by atoms with Crippen LogP contribution in [0.1, 0.15) is 21.6 Å². The molecule has 1 fully saturated rings. The number of nitrogens with two attached hydrogens (primary N) is 2. The highest BCUT2D eigenvalue weighted by Crippen LogP contribution is 2.32. The Labute approximate surface area is 243 Å². The number of nitrogen functional groups attached to an aromatic ring is 1. The third kappa shape index (κ3) is 6.81. The van der Waals surface area contributed by atoms with Gasteiger partial charge in [-0.05, 0) is 23.6 Å². The summed E-state index contributed by atoms with van der Waals surface area (Å²) in [6.07, 6.45) is 4.93. The van der Waals surface area contributed by atoms with Crippen LogP contribution in [0.25, 0.3) is 11.3 Å². The Morgan fingerprint density at radius 3 is 2.52 bits per heavy atom. The third-order valence-electron chi connectivity index (χ3n) is 6.95. The maximum Gasteiger partial charge on any atom is 0.407 e. The largest absolute Gasteiger partial charge is 0.445 e. The first-order valence-electron chi connectivity index (χ1n) is 13.5. The van der Waals surface area contributed by atoms with Gasteiger partial charge in [-0.15, -0.1) is 0 Å². The molecule has 2 aromatic carbocycles. The number of amides is 2. The van der Waals surface area contributed by atoms with Gasteiger partial charge in [-0.1, -0.05) is 61.2 Å². The van der Waals surface area contributed by atoms with Crippen LogP contribution in [-0.2, 0) is 17.8 Å². The van der Waals surface area contributed by atoms with Crippen LogP contribution < -0.4 is 27.0 Å². The third-order valence-corrected chi connectivity index (χ3v) is 6.95. The summed E-state index contributed by atoms with van der Waals surface area (Å²) in [6.45, 7) is 5.89. The smallest absolute Gasteiger partial charge is 0.407 e. The second kappa shape index (κ2) is 12.8. The number of nitrogens with one attached hydrogen (secondary N) is 2. The van der Waals surface area contributed by atoms with Gasteiger partial charge < -0.3 is 31.7 Å². The number of aromatic nitrogens is 3. The molecule has 5 rings (SSSR count). The lowest BCUT2D eigenvalue weighted by atomic mass is 9.96. The fourth-order valence-corrected chi connectivity index (χ4v) is 4.48.